The maximum atomic E-state index is 8.96. The van der Waals surface area contributed by atoms with Crippen molar-refractivity contribution in [3.05, 3.63) is 30.5 Å². The van der Waals surface area contributed by atoms with Gasteiger partial charge in [-0.15, -0.1) is 11.7 Å². The number of aromatic nitrogens is 2. The molecule has 1 heterocycles. The van der Waals surface area contributed by atoms with E-state index in [0.29, 0.717) is 31.1 Å². The van der Waals surface area contributed by atoms with E-state index >= 15 is 0 Å². The zero-order valence-corrected chi connectivity index (χ0v) is 9.26. The van der Waals surface area contributed by atoms with Crippen LogP contribution in [0.1, 0.15) is 5.56 Å². The minimum atomic E-state index is 0.507. The van der Waals surface area contributed by atoms with E-state index in [0.717, 1.165) is 0 Å². The fraction of sp³-hybridized carbons (Fsp3) is 0.364. The fourth-order valence-corrected chi connectivity index (χ4v) is 1.29. The Morgan fingerprint density at radius 1 is 1.69 bits per heavy atom. The van der Waals surface area contributed by atoms with Crippen molar-refractivity contribution in [2.75, 3.05) is 31.7 Å². The van der Waals surface area contributed by atoms with Crippen molar-refractivity contribution in [3.63, 3.8) is 0 Å². The van der Waals surface area contributed by atoms with Crippen LogP contribution in [0, 0.1) is 11.3 Å². The average Bonchev–Trinajstić information content (AvgIpc) is 2.34. The van der Waals surface area contributed by atoms with Crippen LogP contribution in [-0.4, -0.2) is 37.0 Å². The molecule has 0 fully saturated rings. The van der Waals surface area contributed by atoms with Crippen molar-refractivity contribution < 1.29 is 4.74 Å². The number of nitrogens with zero attached hydrogens (tertiary/aromatic N) is 4. The van der Waals surface area contributed by atoms with E-state index in [1.807, 2.05) is 4.90 Å². The van der Waals surface area contributed by atoms with Crippen LogP contribution in [0.3, 0.4) is 0 Å². The van der Waals surface area contributed by atoms with Gasteiger partial charge >= 0.3 is 0 Å². The lowest BCUT2D eigenvalue weighted by molar-refractivity contribution is 0.205. The van der Waals surface area contributed by atoms with Gasteiger partial charge < -0.3 is 9.64 Å². The molecular formula is C11H14N4O. The zero-order valence-electron chi connectivity index (χ0n) is 9.26. The molecule has 0 amide bonds. The molecule has 1 rings (SSSR count). The highest BCUT2D eigenvalue weighted by Crippen LogP contribution is 2.14. The summed E-state index contributed by atoms with van der Waals surface area (Å²) in [6, 6.07) is 3.74. The number of anilines is 1. The predicted molar refractivity (Wildman–Crippen MR) is 61.0 cm³/mol. The molecule has 0 saturated heterocycles. The van der Waals surface area contributed by atoms with Crippen LogP contribution in [0.15, 0.2) is 24.9 Å². The SMILES string of the molecule is C=CCN(CCOC)c1nnccc1C#N. The van der Waals surface area contributed by atoms with Crippen LogP contribution in [0.25, 0.3) is 0 Å². The molecule has 1 aromatic rings. The fourth-order valence-electron chi connectivity index (χ4n) is 1.29. The number of nitriles is 1. The Morgan fingerprint density at radius 3 is 3.12 bits per heavy atom. The molecule has 0 N–H and O–H groups in total. The summed E-state index contributed by atoms with van der Waals surface area (Å²) in [5, 5.41) is 16.7. The molecule has 0 saturated carbocycles. The zero-order chi connectivity index (χ0) is 11.8. The van der Waals surface area contributed by atoms with Gasteiger partial charge in [0.2, 0.25) is 0 Å². The lowest BCUT2D eigenvalue weighted by Gasteiger charge is -2.21. The summed E-state index contributed by atoms with van der Waals surface area (Å²) in [4.78, 5) is 1.90. The number of hydrogen-bond donors (Lipinski definition) is 0. The van der Waals surface area contributed by atoms with E-state index in [9.17, 15) is 0 Å². The van der Waals surface area contributed by atoms with Crippen LogP contribution in [0.2, 0.25) is 0 Å². The largest absolute Gasteiger partial charge is 0.383 e. The highest BCUT2D eigenvalue weighted by atomic mass is 16.5. The topological polar surface area (TPSA) is 62.0 Å². The molecule has 0 spiro atoms. The first-order valence-electron chi connectivity index (χ1n) is 4.90. The van der Waals surface area contributed by atoms with Crippen molar-refractivity contribution in [3.8, 4) is 6.07 Å². The van der Waals surface area contributed by atoms with E-state index in [2.05, 4.69) is 22.8 Å². The van der Waals surface area contributed by atoms with Gasteiger partial charge in [-0.3, -0.25) is 0 Å². The first-order valence-corrected chi connectivity index (χ1v) is 4.90. The van der Waals surface area contributed by atoms with E-state index in [1.54, 1.807) is 19.3 Å². The Labute approximate surface area is 95.0 Å². The summed E-state index contributed by atoms with van der Waals surface area (Å²) in [6.45, 7) is 5.50. The third kappa shape index (κ3) is 3.04. The molecule has 0 aromatic carbocycles. The van der Waals surface area contributed by atoms with Crippen LogP contribution in [0.4, 0.5) is 5.82 Å². The van der Waals surface area contributed by atoms with Crippen LogP contribution in [0.5, 0.6) is 0 Å². The standard InChI is InChI=1S/C11H14N4O/c1-3-6-15(7-8-16-2)11-10(9-12)4-5-13-14-11/h3-5H,1,6-8H2,2H3. The van der Waals surface area contributed by atoms with Gasteiger partial charge in [0.05, 0.1) is 18.4 Å². The molecule has 5 nitrogen and oxygen atoms in total. The van der Waals surface area contributed by atoms with E-state index < -0.39 is 0 Å². The maximum absolute atomic E-state index is 8.96. The first kappa shape index (κ1) is 12.1. The third-order valence-corrected chi connectivity index (χ3v) is 2.04. The summed E-state index contributed by atoms with van der Waals surface area (Å²) in [7, 11) is 1.63. The second-order valence-corrected chi connectivity index (χ2v) is 3.11. The van der Waals surface area contributed by atoms with Gasteiger partial charge in [0, 0.05) is 20.2 Å². The van der Waals surface area contributed by atoms with Gasteiger partial charge in [0.15, 0.2) is 5.82 Å². The minimum absolute atomic E-state index is 0.507. The second-order valence-electron chi connectivity index (χ2n) is 3.11. The molecule has 0 unspecified atom stereocenters. The van der Waals surface area contributed by atoms with E-state index in [1.165, 1.54) is 6.20 Å². The van der Waals surface area contributed by atoms with Crippen LogP contribution in [-0.2, 0) is 4.74 Å². The van der Waals surface area contributed by atoms with Gasteiger partial charge in [0.25, 0.3) is 0 Å². The van der Waals surface area contributed by atoms with Crippen molar-refractivity contribution in [2.45, 2.75) is 0 Å². The van der Waals surface area contributed by atoms with E-state index in [-0.39, 0.29) is 0 Å². The monoisotopic (exact) mass is 218 g/mol. The lowest BCUT2D eigenvalue weighted by Crippen LogP contribution is -2.29. The normalized spacial score (nSPS) is 9.50. The Balaban J connectivity index is 2.91. The minimum Gasteiger partial charge on any atom is -0.383 e. The number of hydrogen-bond acceptors (Lipinski definition) is 5. The van der Waals surface area contributed by atoms with Crippen molar-refractivity contribution >= 4 is 5.82 Å². The maximum Gasteiger partial charge on any atom is 0.169 e. The first-order chi connectivity index (χ1) is 7.83. The summed E-state index contributed by atoms with van der Waals surface area (Å²) >= 11 is 0. The van der Waals surface area contributed by atoms with Gasteiger partial charge in [0.1, 0.15) is 6.07 Å². The van der Waals surface area contributed by atoms with Gasteiger partial charge in [-0.1, -0.05) is 6.08 Å². The molecule has 16 heavy (non-hydrogen) atoms. The highest BCUT2D eigenvalue weighted by Gasteiger charge is 2.11. The van der Waals surface area contributed by atoms with Gasteiger partial charge in [-0.05, 0) is 6.07 Å². The van der Waals surface area contributed by atoms with Crippen molar-refractivity contribution in [2.24, 2.45) is 0 Å². The Kier molecular flexibility index (Phi) is 4.96. The third-order valence-electron chi connectivity index (χ3n) is 2.04. The number of ether oxygens (including phenoxy) is 1. The van der Waals surface area contributed by atoms with Gasteiger partial charge in [-0.25, -0.2) is 0 Å². The number of methoxy groups -OCH3 is 1. The molecule has 0 bridgehead atoms. The summed E-state index contributed by atoms with van der Waals surface area (Å²) < 4.78 is 5.01. The molecule has 0 aliphatic heterocycles. The summed E-state index contributed by atoms with van der Waals surface area (Å²) in [5.74, 6) is 0.571. The lowest BCUT2D eigenvalue weighted by atomic mass is 10.3. The summed E-state index contributed by atoms with van der Waals surface area (Å²) in [5.41, 5.74) is 0.507. The Bertz CT molecular complexity index is 386. The predicted octanol–water partition coefficient (Wildman–Crippen LogP) is 0.987. The molecular weight excluding hydrogens is 204 g/mol. The molecule has 84 valence electrons. The van der Waals surface area contributed by atoms with Crippen molar-refractivity contribution in [1.29, 1.82) is 5.26 Å². The summed E-state index contributed by atoms with van der Waals surface area (Å²) in [6.07, 6.45) is 3.26. The smallest absolute Gasteiger partial charge is 0.169 e. The number of rotatable bonds is 6. The Morgan fingerprint density at radius 2 is 2.50 bits per heavy atom. The van der Waals surface area contributed by atoms with Crippen molar-refractivity contribution in [1.82, 2.24) is 10.2 Å². The molecule has 5 heteroatoms. The second kappa shape index (κ2) is 6.53. The Hall–Kier alpha value is -1.93. The molecule has 0 atom stereocenters. The average molecular weight is 218 g/mol. The molecule has 0 radical (unpaired) electrons. The quantitative estimate of drug-likeness (QED) is 0.666. The van der Waals surface area contributed by atoms with Crippen LogP contribution < -0.4 is 4.90 Å². The molecule has 0 aliphatic rings. The molecule has 1 aromatic heterocycles. The van der Waals surface area contributed by atoms with E-state index in [4.69, 9.17) is 10.00 Å². The highest BCUT2D eigenvalue weighted by molar-refractivity contribution is 5.52. The van der Waals surface area contributed by atoms with Gasteiger partial charge in [-0.2, -0.15) is 10.4 Å². The molecule has 0 aliphatic carbocycles. The van der Waals surface area contributed by atoms with Crippen LogP contribution >= 0.6 is 0 Å².